The SMILES string of the molecule is CCNC(C)C1CCN(CCC(C)(C)C)CC1. The van der Waals surface area contributed by atoms with E-state index in [0.29, 0.717) is 11.5 Å². The Kier molecular flexibility index (Phi) is 5.94. The van der Waals surface area contributed by atoms with Crippen molar-refractivity contribution in [1.82, 2.24) is 10.2 Å². The van der Waals surface area contributed by atoms with Crippen LogP contribution in [-0.2, 0) is 0 Å². The molecule has 1 saturated heterocycles. The van der Waals surface area contributed by atoms with Gasteiger partial charge in [-0.2, -0.15) is 0 Å². The lowest BCUT2D eigenvalue weighted by molar-refractivity contribution is 0.147. The van der Waals surface area contributed by atoms with Gasteiger partial charge in [0.2, 0.25) is 0 Å². The van der Waals surface area contributed by atoms with Crippen molar-refractivity contribution in [3.05, 3.63) is 0 Å². The molecular weight excluding hydrogens is 208 g/mol. The Morgan fingerprint density at radius 1 is 1.24 bits per heavy atom. The predicted octanol–water partition coefficient (Wildman–Crippen LogP) is 3.13. The Hall–Kier alpha value is -0.0800. The van der Waals surface area contributed by atoms with Gasteiger partial charge in [0.05, 0.1) is 0 Å². The molecule has 0 radical (unpaired) electrons. The van der Waals surface area contributed by atoms with E-state index in [-0.39, 0.29) is 0 Å². The maximum atomic E-state index is 3.57. The molecule has 1 fully saturated rings. The van der Waals surface area contributed by atoms with E-state index in [1.54, 1.807) is 0 Å². The molecule has 0 bridgehead atoms. The molecule has 1 rings (SSSR count). The van der Waals surface area contributed by atoms with E-state index in [9.17, 15) is 0 Å². The zero-order valence-corrected chi connectivity index (χ0v) is 12.6. The van der Waals surface area contributed by atoms with Gasteiger partial charge in [-0.3, -0.25) is 0 Å². The number of piperidine rings is 1. The van der Waals surface area contributed by atoms with Crippen molar-refractivity contribution in [3.63, 3.8) is 0 Å². The summed E-state index contributed by atoms with van der Waals surface area (Å²) >= 11 is 0. The smallest absolute Gasteiger partial charge is 0.00678 e. The minimum atomic E-state index is 0.480. The molecule has 0 aliphatic carbocycles. The monoisotopic (exact) mass is 240 g/mol. The topological polar surface area (TPSA) is 15.3 Å². The van der Waals surface area contributed by atoms with Crippen molar-refractivity contribution in [2.24, 2.45) is 11.3 Å². The molecule has 102 valence electrons. The molecule has 1 unspecified atom stereocenters. The van der Waals surface area contributed by atoms with Crippen LogP contribution in [0.2, 0.25) is 0 Å². The summed E-state index contributed by atoms with van der Waals surface area (Å²) in [5.41, 5.74) is 0.480. The highest BCUT2D eigenvalue weighted by molar-refractivity contribution is 4.79. The van der Waals surface area contributed by atoms with E-state index < -0.39 is 0 Å². The molecule has 0 aromatic heterocycles. The highest BCUT2D eigenvalue weighted by Crippen LogP contribution is 2.23. The van der Waals surface area contributed by atoms with E-state index in [1.165, 1.54) is 38.9 Å². The Balaban J connectivity index is 2.21. The quantitative estimate of drug-likeness (QED) is 0.794. The Labute approximate surface area is 108 Å². The van der Waals surface area contributed by atoms with Crippen LogP contribution >= 0.6 is 0 Å². The van der Waals surface area contributed by atoms with E-state index >= 15 is 0 Å². The maximum absolute atomic E-state index is 3.57. The third kappa shape index (κ3) is 5.87. The summed E-state index contributed by atoms with van der Waals surface area (Å²) in [6.45, 7) is 16.6. The number of likely N-dealkylation sites (tertiary alicyclic amines) is 1. The molecule has 0 aromatic rings. The van der Waals surface area contributed by atoms with Crippen molar-refractivity contribution >= 4 is 0 Å². The zero-order valence-electron chi connectivity index (χ0n) is 12.6. The lowest BCUT2D eigenvalue weighted by Crippen LogP contribution is -2.42. The van der Waals surface area contributed by atoms with Crippen LogP contribution in [0.4, 0.5) is 0 Å². The fourth-order valence-electron chi connectivity index (χ4n) is 2.66. The summed E-state index contributed by atoms with van der Waals surface area (Å²) in [7, 11) is 0. The van der Waals surface area contributed by atoms with Crippen molar-refractivity contribution in [3.8, 4) is 0 Å². The minimum Gasteiger partial charge on any atom is -0.314 e. The maximum Gasteiger partial charge on any atom is 0.00678 e. The van der Waals surface area contributed by atoms with Crippen molar-refractivity contribution in [1.29, 1.82) is 0 Å². The molecule has 0 amide bonds. The molecule has 1 aliphatic rings. The average molecular weight is 240 g/mol. The number of rotatable bonds is 5. The molecule has 17 heavy (non-hydrogen) atoms. The van der Waals surface area contributed by atoms with Gasteiger partial charge in [0.15, 0.2) is 0 Å². The van der Waals surface area contributed by atoms with Gasteiger partial charge in [-0.05, 0) is 63.7 Å². The Morgan fingerprint density at radius 3 is 2.29 bits per heavy atom. The van der Waals surface area contributed by atoms with Crippen LogP contribution in [0.3, 0.4) is 0 Å². The van der Waals surface area contributed by atoms with Crippen LogP contribution in [0.15, 0.2) is 0 Å². The van der Waals surface area contributed by atoms with Crippen molar-refractivity contribution in [2.75, 3.05) is 26.2 Å². The van der Waals surface area contributed by atoms with Gasteiger partial charge in [-0.25, -0.2) is 0 Å². The Bertz CT molecular complexity index is 199. The van der Waals surface area contributed by atoms with Crippen LogP contribution in [0.25, 0.3) is 0 Å². The van der Waals surface area contributed by atoms with Gasteiger partial charge in [0, 0.05) is 6.04 Å². The van der Waals surface area contributed by atoms with Gasteiger partial charge in [0.1, 0.15) is 0 Å². The van der Waals surface area contributed by atoms with Gasteiger partial charge >= 0.3 is 0 Å². The van der Waals surface area contributed by atoms with Crippen LogP contribution in [-0.4, -0.2) is 37.1 Å². The second-order valence-electron chi connectivity index (χ2n) is 6.84. The molecule has 2 heteroatoms. The van der Waals surface area contributed by atoms with Crippen LogP contribution in [0.5, 0.6) is 0 Å². The molecule has 1 heterocycles. The first-order chi connectivity index (χ1) is 7.92. The first-order valence-electron chi connectivity index (χ1n) is 7.38. The van der Waals surface area contributed by atoms with Crippen molar-refractivity contribution in [2.45, 2.75) is 59.9 Å². The largest absolute Gasteiger partial charge is 0.314 e. The van der Waals surface area contributed by atoms with E-state index in [0.717, 1.165) is 12.5 Å². The number of hydrogen-bond donors (Lipinski definition) is 1. The van der Waals surface area contributed by atoms with Gasteiger partial charge in [0.25, 0.3) is 0 Å². The van der Waals surface area contributed by atoms with Crippen LogP contribution in [0, 0.1) is 11.3 Å². The second kappa shape index (κ2) is 6.75. The molecule has 1 aliphatic heterocycles. The number of nitrogens with zero attached hydrogens (tertiary/aromatic N) is 1. The normalized spacial score (nSPS) is 21.7. The summed E-state index contributed by atoms with van der Waals surface area (Å²) in [6.07, 6.45) is 4.07. The third-order valence-corrected chi connectivity index (χ3v) is 4.04. The molecule has 0 spiro atoms. The number of hydrogen-bond acceptors (Lipinski definition) is 2. The highest BCUT2D eigenvalue weighted by Gasteiger charge is 2.23. The van der Waals surface area contributed by atoms with E-state index in [2.05, 4.69) is 44.8 Å². The molecule has 0 saturated carbocycles. The molecule has 0 aromatic carbocycles. The first kappa shape index (κ1) is 15.0. The lowest BCUT2D eigenvalue weighted by Gasteiger charge is -2.36. The molecule has 1 N–H and O–H groups in total. The summed E-state index contributed by atoms with van der Waals surface area (Å²) in [5, 5.41) is 3.57. The highest BCUT2D eigenvalue weighted by atomic mass is 15.1. The summed E-state index contributed by atoms with van der Waals surface area (Å²) < 4.78 is 0. The molecular formula is C15H32N2. The predicted molar refractivity (Wildman–Crippen MR) is 76.4 cm³/mol. The molecule has 1 atom stereocenters. The van der Waals surface area contributed by atoms with Gasteiger partial charge < -0.3 is 10.2 Å². The second-order valence-corrected chi connectivity index (χ2v) is 6.84. The standard InChI is InChI=1S/C15H32N2/c1-6-16-13(2)14-7-10-17(11-8-14)12-9-15(3,4)5/h13-14,16H,6-12H2,1-5H3. The molecule has 2 nitrogen and oxygen atoms in total. The first-order valence-corrected chi connectivity index (χ1v) is 7.38. The van der Waals surface area contributed by atoms with Crippen LogP contribution < -0.4 is 5.32 Å². The zero-order chi connectivity index (χ0) is 12.9. The third-order valence-electron chi connectivity index (χ3n) is 4.04. The minimum absolute atomic E-state index is 0.480. The van der Waals surface area contributed by atoms with E-state index in [4.69, 9.17) is 0 Å². The fourth-order valence-corrected chi connectivity index (χ4v) is 2.66. The van der Waals surface area contributed by atoms with Crippen molar-refractivity contribution < 1.29 is 0 Å². The van der Waals surface area contributed by atoms with Gasteiger partial charge in [-0.15, -0.1) is 0 Å². The number of nitrogens with one attached hydrogen (secondary N) is 1. The summed E-state index contributed by atoms with van der Waals surface area (Å²) in [5.74, 6) is 0.890. The fraction of sp³-hybridized carbons (Fsp3) is 1.00. The summed E-state index contributed by atoms with van der Waals surface area (Å²) in [4.78, 5) is 2.65. The van der Waals surface area contributed by atoms with Gasteiger partial charge in [-0.1, -0.05) is 27.7 Å². The van der Waals surface area contributed by atoms with E-state index in [1.807, 2.05) is 0 Å². The Morgan fingerprint density at radius 2 is 1.82 bits per heavy atom. The van der Waals surface area contributed by atoms with Crippen LogP contribution in [0.1, 0.15) is 53.9 Å². The lowest BCUT2D eigenvalue weighted by atomic mass is 9.88. The average Bonchev–Trinajstić information content (AvgIpc) is 2.26. The summed E-state index contributed by atoms with van der Waals surface area (Å²) in [6, 6.07) is 0.699.